The third-order valence-electron chi connectivity index (χ3n) is 3.28. The second-order valence-electron chi connectivity index (χ2n) is 4.70. The molecule has 0 aliphatic carbocycles. The molecule has 1 fully saturated rings. The lowest BCUT2D eigenvalue weighted by atomic mass is 9.95. The number of carbonyl (C=O) groups is 1. The van der Waals surface area contributed by atoms with Crippen LogP contribution in [0.4, 0.5) is 0 Å². The molecule has 1 aromatic rings. The fourth-order valence-corrected chi connectivity index (χ4v) is 3.21. The van der Waals surface area contributed by atoms with Crippen LogP contribution in [0.25, 0.3) is 0 Å². The first-order chi connectivity index (χ1) is 8.15. The molecule has 2 heterocycles. The number of likely N-dealkylation sites (tertiary alicyclic amines) is 1. The van der Waals surface area contributed by atoms with E-state index in [-0.39, 0.29) is 0 Å². The van der Waals surface area contributed by atoms with Gasteiger partial charge in [0, 0.05) is 24.4 Å². The summed E-state index contributed by atoms with van der Waals surface area (Å²) in [5.41, 5.74) is 2.99. The van der Waals surface area contributed by atoms with Crippen LogP contribution >= 0.6 is 11.3 Å². The number of carboxylic acid groups (broad SMARTS) is 1. The van der Waals surface area contributed by atoms with Gasteiger partial charge < -0.3 is 5.11 Å². The lowest BCUT2D eigenvalue weighted by Gasteiger charge is -2.31. The molecule has 1 aliphatic heterocycles. The van der Waals surface area contributed by atoms with Crippen LogP contribution in [-0.4, -0.2) is 34.0 Å². The smallest absolute Gasteiger partial charge is 0.303 e. The van der Waals surface area contributed by atoms with Gasteiger partial charge in [-0.25, -0.2) is 4.98 Å². The maximum atomic E-state index is 10.7. The van der Waals surface area contributed by atoms with Gasteiger partial charge in [0.05, 0.1) is 11.2 Å². The third-order valence-corrected chi connectivity index (χ3v) is 4.20. The molecule has 4 nitrogen and oxygen atoms in total. The number of hydrogen-bond acceptors (Lipinski definition) is 4. The molecular formula is C12H18N2O2S. The van der Waals surface area contributed by atoms with Gasteiger partial charge in [-0.05, 0) is 32.2 Å². The largest absolute Gasteiger partial charge is 0.481 e. The summed E-state index contributed by atoms with van der Waals surface area (Å²) in [4.78, 5) is 18.6. The van der Waals surface area contributed by atoms with Gasteiger partial charge in [0.2, 0.25) is 0 Å². The maximum absolute atomic E-state index is 10.7. The Labute approximate surface area is 105 Å². The molecular weight excluding hydrogens is 236 g/mol. The molecule has 1 saturated heterocycles. The molecule has 0 spiro atoms. The number of piperidine rings is 1. The number of thiazole rings is 1. The molecule has 0 bridgehead atoms. The van der Waals surface area contributed by atoms with E-state index in [4.69, 9.17) is 5.11 Å². The first-order valence-electron chi connectivity index (χ1n) is 5.98. The normalized spacial score (nSPS) is 21.6. The van der Waals surface area contributed by atoms with Gasteiger partial charge in [-0.3, -0.25) is 9.69 Å². The van der Waals surface area contributed by atoms with E-state index in [1.165, 1.54) is 4.88 Å². The molecule has 0 aromatic carbocycles. The minimum atomic E-state index is -0.675. The number of aliphatic carboxylic acids is 1. The first kappa shape index (κ1) is 12.5. The molecule has 1 aromatic heterocycles. The van der Waals surface area contributed by atoms with Crippen molar-refractivity contribution >= 4 is 17.3 Å². The molecule has 17 heavy (non-hydrogen) atoms. The van der Waals surface area contributed by atoms with Gasteiger partial charge in [0.15, 0.2) is 0 Å². The number of aryl methyl sites for hydroxylation is 1. The van der Waals surface area contributed by atoms with Crippen molar-refractivity contribution in [2.75, 3.05) is 13.1 Å². The van der Waals surface area contributed by atoms with E-state index in [9.17, 15) is 4.79 Å². The first-order valence-corrected chi connectivity index (χ1v) is 6.86. The Balaban J connectivity index is 1.89. The highest BCUT2D eigenvalue weighted by Crippen LogP contribution is 2.23. The highest BCUT2D eigenvalue weighted by Gasteiger charge is 2.22. The second kappa shape index (κ2) is 5.60. The van der Waals surface area contributed by atoms with Gasteiger partial charge in [-0.1, -0.05) is 0 Å². The van der Waals surface area contributed by atoms with Crippen molar-refractivity contribution in [1.82, 2.24) is 9.88 Å². The predicted molar refractivity (Wildman–Crippen MR) is 67.1 cm³/mol. The Morgan fingerprint density at radius 1 is 1.71 bits per heavy atom. The van der Waals surface area contributed by atoms with Gasteiger partial charge in [-0.2, -0.15) is 0 Å². The summed E-state index contributed by atoms with van der Waals surface area (Å²) < 4.78 is 0. The van der Waals surface area contributed by atoms with Crippen LogP contribution in [-0.2, 0) is 11.3 Å². The SMILES string of the molecule is Cc1ncsc1CN1CCCC(CC(=O)O)C1. The van der Waals surface area contributed by atoms with Gasteiger partial charge >= 0.3 is 5.97 Å². The molecule has 1 N–H and O–H groups in total. The minimum absolute atomic E-state index is 0.304. The Bertz CT molecular complexity index is 392. The lowest BCUT2D eigenvalue weighted by molar-refractivity contribution is -0.138. The topological polar surface area (TPSA) is 53.4 Å². The van der Waals surface area contributed by atoms with E-state index in [0.717, 1.165) is 38.2 Å². The van der Waals surface area contributed by atoms with Crippen molar-refractivity contribution in [2.24, 2.45) is 5.92 Å². The van der Waals surface area contributed by atoms with E-state index < -0.39 is 5.97 Å². The molecule has 0 radical (unpaired) electrons. The summed E-state index contributed by atoms with van der Waals surface area (Å²) in [5.74, 6) is -0.361. The van der Waals surface area contributed by atoms with Crippen LogP contribution in [0.5, 0.6) is 0 Å². The van der Waals surface area contributed by atoms with Crippen molar-refractivity contribution in [1.29, 1.82) is 0 Å². The van der Waals surface area contributed by atoms with Crippen molar-refractivity contribution < 1.29 is 9.90 Å². The number of rotatable bonds is 4. The molecule has 1 aliphatic rings. The standard InChI is InChI=1S/C12H18N2O2S/c1-9-11(17-8-13-9)7-14-4-2-3-10(6-14)5-12(15)16/h8,10H,2-7H2,1H3,(H,15,16). The van der Waals surface area contributed by atoms with E-state index in [1.54, 1.807) is 11.3 Å². The lowest BCUT2D eigenvalue weighted by Crippen LogP contribution is -2.35. The predicted octanol–water partition coefficient (Wildman–Crippen LogP) is 2.14. The summed E-state index contributed by atoms with van der Waals surface area (Å²) in [6.07, 6.45) is 2.46. The summed E-state index contributed by atoms with van der Waals surface area (Å²) in [7, 11) is 0. The van der Waals surface area contributed by atoms with Crippen LogP contribution in [0.1, 0.15) is 29.8 Å². The van der Waals surface area contributed by atoms with Crippen molar-refractivity contribution in [3.63, 3.8) is 0 Å². The van der Waals surface area contributed by atoms with E-state index in [0.29, 0.717) is 12.3 Å². The van der Waals surface area contributed by atoms with Crippen LogP contribution in [0.2, 0.25) is 0 Å². The zero-order valence-electron chi connectivity index (χ0n) is 10.1. The van der Waals surface area contributed by atoms with Crippen molar-refractivity contribution in [3.8, 4) is 0 Å². The average Bonchev–Trinajstić information content (AvgIpc) is 2.64. The number of nitrogens with zero attached hydrogens (tertiary/aromatic N) is 2. The average molecular weight is 254 g/mol. The summed E-state index contributed by atoms with van der Waals surface area (Å²) in [6, 6.07) is 0. The molecule has 0 amide bonds. The monoisotopic (exact) mass is 254 g/mol. The van der Waals surface area contributed by atoms with Gasteiger partial charge in [-0.15, -0.1) is 11.3 Å². The number of aromatic nitrogens is 1. The van der Waals surface area contributed by atoms with Crippen molar-refractivity contribution in [2.45, 2.75) is 32.7 Å². The Hall–Kier alpha value is -0.940. The quantitative estimate of drug-likeness (QED) is 0.894. The molecule has 5 heteroatoms. The van der Waals surface area contributed by atoms with Gasteiger partial charge in [0.1, 0.15) is 0 Å². The maximum Gasteiger partial charge on any atom is 0.303 e. The third kappa shape index (κ3) is 3.51. The zero-order valence-corrected chi connectivity index (χ0v) is 10.9. The van der Waals surface area contributed by atoms with Gasteiger partial charge in [0.25, 0.3) is 0 Å². The summed E-state index contributed by atoms with van der Waals surface area (Å²) in [5, 5.41) is 8.83. The number of carboxylic acids is 1. The van der Waals surface area contributed by atoms with E-state index in [2.05, 4.69) is 9.88 Å². The Morgan fingerprint density at radius 2 is 2.53 bits per heavy atom. The van der Waals surface area contributed by atoms with Crippen LogP contribution < -0.4 is 0 Å². The van der Waals surface area contributed by atoms with E-state index >= 15 is 0 Å². The van der Waals surface area contributed by atoms with Crippen molar-refractivity contribution in [3.05, 3.63) is 16.1 Å². The van der Waals surface area contributed by atoms with Crippen LogP contribution in [0.3, 0.4) is 0 Å². The van der Waals surface area contributed by atoms with Crippen LogP contribution in [0, 0.1) is 12.8 Å². The fraction of sp³-hybridized carbons (Fsp3) is 0.667. The molecule has 1 unspecified atom stereocenters. The molecule has 1 atom stereocenters. The zero-order chi connectivity index (χ0) is 12.3. The second-order valence-corrected chi connectivity index (χ2v) is 5.64. The molecule has 2 rings (SSSR count). The minimum Gasteiger partial charge on any atom is -0.481 e. The highest BCUT2D eigenvalue weighted by atomic mass is 32.1. The van der Waals surface area contributed by atoms with Crippen LogP contribution in [0.15, 0.2) is 5.51 Å². The Kier molecular flexibility index (Phi) is 4.12. The molecule has 94 valence electrons. The molecule has 0 saturated carbocycles. The summed E-state index contributed by atoms with van der Waals surface area (Å²) in [6.45, 7) is 4.94. The number of hydrogen-bond donors (Lipinski definition) is 1. The summed E-state index contributed by atoms with van der Waals surface area (Å²) >= 11 is 1.69. The fourth-order valence-electron chi connectivity index (χ4n) is 2.39. The van der Waals surface area contributed by atoms with E-state index in [1.807, 2.05) is 12.4 Å². The highest BCUT2D eigenvalue weighted by molar-refractivity contribution is 7.09. The Morgan fingerprint density at radius 3 is 3.18 bits per heavy atom.